The molecule has 1 atom stereocenters. The first-order valence-electron chi connectivity index (χ1n) is 7.59. The van der Waals surface area contributed by atoms with Crippen molar-refractivity contribution in [2.45, 2.75) is 18.9 Å². The maximum absolute atomic E-state index is 12.5. The van der Waals surface area contributed by atoms with Crippen LogP contribution in [0.1, 0.15) is 22.5 Å². The van der Waals surface area contributed by atoms with E-state index in [0.717, 1.165) is 6.54 Å². The van der Waals surface area contributed by atoms with Gasteiger partial charge < -0.3 is 15.0 Å². The highest BCUT2D eigenvalue weighted by Crippen LogP contribution is 2.34. The van der Waals surface area contributed by atoms with Crippen LogP contribution < -0.4 is 10.1 Å². The Labute approximate surface area is 147 Å². The molecule has 3 fully saturated rings. The molecule has 0 aliphatic carbocycles. The van der Waals surface area contributed by atoms with Gasteiger partial charge in [0.25, 0.3) is 11.1 Å². The van der Waals surface area contributed by atoms with Crippen LogP contribution in [0.2, 0.25) is 4.34 Å². The zero-order valence-corrected chi connectivity index (χ0v) is 14.7. The number of aromatic nitrogens is 1. The smallest absolute Gasteiger partial charge is 0.280 e. The number of amides is 1. The highest BCUT2D eigenvalue weighted by molar-refractivity contribution is 7.18. The predicted octanol–water partition coefficient (Wildman–Crippen LogP) is 3.47. The van der Waals surface area contributed by atoms with Gasteiger partial charge in [-0.15, -0.1) is 0 Å². The summed E-state index contributed by atoms with van der Waals surface area (Å²) >= 11 is 8.43. The summed E-state index contributed by atoms with van der Waals surface area (Å²) in [5.74, 6) is 0.609. The number of thiophene rings is 1. The first-order chi connectivity index (χ1) is 11.2. The van der Waals surface area contributed by atoms with E-state index in [9.17, 15) is 4.79 Å². The molecule has 8 heteroatoms. The zero-order chi connectivity index (χ0) is 15.8. The standard InChI is InChI=1S/C15H16ClN3O2S2/c16-12-7-17-15(23-12)21-13-2-1-11(22-13)14(20)18-10-8-19-5-3-9(10)4-6-19/h1-2,7,9-10H,3-6,8H2,(H,18,20). The molecule has 3 aliphatic rings. The van der Waals surface area contributed by atoms with Crippen LogP contribution in [0, 0.1) is 5.92 Å². The Hall–Kier alpha value is -1.15. The van der Waals surface area contributed by atoms with Crippen LogP contribution in [0.15, 0.2) is 18.3 Å². The number of carbonyl (C=O) groups is 1. The third-order valence-corrected chi connectivity index (χ3v) is 6.38. The van der Waals surface area contributed by atoms with Crippen molar-refractivity contribution in [2.24, 2.45) is 5.92 Å². The first kappa shape index (κ1) is 15.4. The summed E-state index contributed by atoms with van der Waals surface area (Å²) in [7, 11) is 0. The lowest BCUT2D eigenvalue weighted by Crippen LogP contribution is -2.57. The molecule has 23 heavy (non-hydrogen) atoms. The highest BCUT2D eigenvalue weighted by atomic mass is 35.5. The zero-order valence-electron chi connectivity index (χ0n) is 12.3. The highest BCUT2D eigenvalue weighted by Gasteiger charge is 2.35. The summed E-state index contributed by atoms with van der Waals surface area (Å²) in [4.78, 5) is 19.6. The van der Waals surface area contributed by atoms with Crippen LogP contribution >= 0.6 is 34.3 Å². The van der Waals surface area contributed by atoms with Crippen molar-refractivity contribution >= 4 is 40.2 Å². The number of rotatable bonds is 4. The molecule has 1 amide bonds. The van der Waals surface area contributed by atoms with Gasteiger partial charge in [-0.05, 0) is 44.0 Å². The van der Waals surface area contributed by atoms with Crippen molar-refractivity contribution in [1.82, 2.24) is 15.2 Å². The molecule has 1 N–H and O–H groups in total. The van der Waals surface area contributed by atoms with Crippen LogP contribution in [0.3, 0.4) is 0 Å². The Morgan fingerprint density at radius 3 is 2.83 bits per heavy atom. The quantitative estimate of drug-likeness (QED) is 0.896. The molecule has 0 saturated carbocycles. The molecule has 5 rings (SSSR count). The number of carbonyl (C=O) groups excluding carboxylic acids is 1. The summed E-state index contributed by atoms with van der Waals surface area (Å²) in [6.45, 7) is 3.32. The number of thiazole rings is 1. The summed E-state index contributed by atoms with van der Waals surface area (Å²) in [6.07, 6.45) is 3.93. The van der Waals surface area contributed by atoms with Crippen LogP contribution in [-0.4, -0.2) is 41.5 Å². The van der Waals surface area contributed by atoms with Gasteiger partial charge in [-0.25, -0.2) is 4.98 Å². The van der Waals surface area contributed by atoms with Gasteiger partial charge >= 0.3 is 0 Å². The molecule has 0 radical (unpaired) electrons. The van der Waals surface area contributed by atoms with Gasteiger partial charge in [-0.1, -0.05) is 34.3 Å². The number of hydrogen-bond acceptors (Lipinski definition) is 6. The Kier molecular flexibility index (Phi) is 4.27. The molecule has 1 unspecified atom stereocenters. The van der Waals surface area contributed by atoms with Gasteiger partial charge in [-0.3, -0.25) is 4.79 Å². The Bertz CT molecular complexity index is 709. The Morgan fingerprint density at radius 2 is 2.17 bits per heavy atom. The van der Waals surface area contributed by atoms with Crippen LogP contribution in [0.25, 0.3) is 0 Å². The third kappa shape index (κ3) is 3.38. The van der Waals surface area contributed by atoms with Gasteiger partial charge in [-0.2, -0.15) is 0 Å². The fourth-order valence-electron chi connectivity index (χ4n) is 3.24. The average molecular weight is 370 g/mol. The normalized spacial score (nSPS) is 26.2. The summed E-state index contributed by atoms with van der Waals surface area (Å²) in [5.41, 5.74) is 0. The second kappa shape index (κ2) is 6.39. The number of nitrogens with one attached hydrogen (secondary N) is 1. The minimum Gasteiger partial charge on any atom is -0.420 e. The minimum absolute atomic E-state index is 0.0132. The van der Waals surface area contributed by atoms with Crippen molar-refractivity contribution < 1.29 is 9.53 Å². The predicted molar refractivity (Wildman–Crippen MR) is 91.9 cm³/mol. The van der Waals surface area contributed by atoms with E-state index in [4.69, 9.17) is 16.3 Å². The average Bonchev–Trinajstić information content (AvgIpc) is 3.18. The molecule has 122 valence electrons. The molecule has 5 heterocycles. The second-order valence-electron chi connectivity index (χ2n) is 5.87. The summed E-state index contributed by atoms with van der Waals surface area (Å²) in [5, 5.41) is 4.32. The fourth-order valence-corrected chi connectivity index (χ4v) is 4.81. The lowest BCUT2D eigenvalue weighted by molar-refractivity contribution is 0.0622. The van der Waals surface area contributed by atoms with E-state index < -0.39 is 0 Å². The van der Waals surface area contributed by atoms with E-state index in [1.807, 2.05) is 0 Å². The van der Waals surface area contributed by atoms with Crippen molar-refractivity contribution in [3.8, 4) is 10.3 Å². The number of ether oxygens (including phenoxy) is 1. The van der Waals surface area contributed by atoms with Crippen LogP contribution in [0.5, 0.6) is 10.3 Å². The van der Waals surface area contributed by atoms with E-state index in [2.05, 4.69) is 15.2 Å². The molecular formula is C15H16ClN3O2S2. The molecule has 2 aromatic rings. The molecule has 3 saturated heterocycles. The molecular weight excluding hydrogens is 354 g/mol. The molecule has 0 spiro atoms. The van der Waals surface area contributed by atoms with E-state index in [0.29, 0.717) is 25.4 Å². The van der Waals surface area contributed by atoms with Gasteiger partial charge in [0, 0.05) is 12.6 Å². The summed E-state index contributed by atoms with van der Waals surface area (Å²) in [6, 6.07) is 3.87. The topological polar surface area (TPSA) is 54.5 Å². The van der Waals surface area contributed by atoms with Gasteiger partial charge in [0.15, 0.2) is 5.06 Å². The molecule has 5 nitrogen and oxygen atoms in total. The van der Waals surface area contributed by atoms with Gasteiger partial charge in [0.2, 0.25) is 0 Å². The second-order valence-corrected chi connectivity index (χ2v) is 8.54. The van der Waals surface area contributed by atoms with Crippen molar-refractivity contribution in [1.29, 1.82) is 0 Å². The Morgan fingerprint density at radius 1 is 1.35 bits per heavy atom. The van der Waals surface area contributed by atoms with Crippen molar-refractivity contribution in [3.05, 3.63) is 27.5 Å². The number of halogens is 1. The molecule has 2 aromatic heterocycles. The van der Waals surface area contributed by atoms with E-state index in [1.165, 1.54) is 48.6 Å². The number of fused-ring (bicyclic) bond motifs is 3. The lowest BCUT2D eigenvalue weighted by Gasteiger charge is -2.44. The van der Waals surface area contributed by atoms with Gasteiger partial charge in [0.1, 0.15) is 4.34 Å². The van der Waals surface area contributed by atoms with Crippen LogP contribution in [-0.2, 0) is 0 Å². The number of piperidine rings is 3. The number of hydrogen-bond donors (Lipinski definition) is 1. The largest absolute Gasteiger partial charge is 0.420 e. The SMILES string of the molecule is O=C(NC1CN2CCC1CC2)c1ccc(Oc2ncc(Cl)s2)s1. The monoisotopic (exact) mass is 369 g/mol. The van der Waals surface area contributed by atoms with Crippen LogP contribution in [0.4, 0.5) is 0 Å². The lowest BCUT2D eigenvalue weighted by atomic mass is 9.84. The maximum Gasteiger partial charge on any atom is 0.280 e. The third-order valence-electron chi connectivity index (χ3n) is 4.42. The van der Waals surface area contributed by atoms with Gasteiger partial charge in [0.05, 0.1) is 11.1 Å². The summed E-state index contributed by atoms with van der Waals surface area (Å²) < 4.78 is 6.20. The van der Waals surface area contributed by atoms with E-state index >= 15 is 0 Å². The van der Waals surface area contributed by atoms with E-state index in [1.54, 1.807) is 18.3 Å². The maximum atomic E-state index is 12.5. The first-order valence-corrected chi connectivity index (χ1v) is 9.61. The molecule has 3 aliphatic heterocycles. The Balaban J connectivity index is 1.39. The molecule has 2 bridgehead atoms. The van der Waals surface area contributed by atoms with Crippen molar-refractivity contribution in [2.75, 3.05) is 19.6 Å². The molecule has 0 aromatic carbocycles. The number of nitrogens with zero attached hydrogens (tertiary/aromatic N) is 2. The fraction of sp³-hybridized carbons (Fsp3) is 0.467. The van der Waals surface area contributed by atoms with Crippen molar-refractivity contribution in [3.63, 3.8) is 0 Å². The van der Waals surface area contributed by atoms with E-state index in [-0.39, 0.29) is 11.9 Å². The minimum atomic E-state index is -0.0132.